The van der Waals surface area contributed by atoms with Crippen molar-refractivity contribution in [2.45, 2.75) is 13.3 Å². The molecular weight excluding hydrogens is 288 g/mol. The Morgan fingerprint density at radius 3 is 2.38 bits per heavy atom. The van der Waals surface area contributed by atoms with Gasteiger partial charge in [0, 0.05) is 17.0 Å². The Kier molecular flexibility index (Phi) is 4.86. The highest BCUT2D eigenvalue weighted by Crippen LogP contribution is 2.26. The molecule has 0 aliphatic rings. The fourth-order valence-corrected chi connectivity index (χ4v) is 2.38. The number of hydrogen-bond acceptors (Lipinski definition) is 3. The summed E-state index contributed by atoms with van der Waals surface area (Å²) in [5, 5.41) is 0.510. The van der Waals surface area contributed by atoms with Crippen LogP contribution in [0.4, 0.5) is 0 Å². The van der Waals surface area contributed by atoms with Crippen molar-refractivity contribution >= 4 is 17.4 Å². The standard InChI is InChI=1S/C17H17ClO3/c1-11-4-6-16(20-2)12(8-11)9-15(19)14-10-13(18)5-7-17(14)21-3/h4-8,10H,9H2,1-3H3. The van der Waals surface area contributed by atoms with Crippen LogP contribution in [-0.2, 0) is 6.42 Å². The summed E-state index contributed by atoms with van der Waals surface area (Å²) in [4.78, 5) is 12.5. The summed E-state index contributed by atoms with van der Waals surface area (Å²) in [5.74, 6) is 1.17. The molecule has 3 nitrogen and oxygen atoms in total. The number of aryl methyl sites for hydroxylation is 1. The topological polar surface area (TPSA) is 35.5 Å². The van der Waals surface area contributed by atoms with Crippen molar-refractivity contribution in [3.63, 3.8) is 0 Å². The van der Waals surface area contributed by atoms with E-state index in [9.17, 15) is 4.79 Å². The second-order valence-electron chi connectivity index (χ2n) is 4.76. The van der Waals surface area contributed by atoms with Crippen LogP contribution in [-0.4, -0.2) is 20.0 Å². The van der Waals surface area contributed by atoms with Crippen LogP contribution in [0.5, 0.6) is 11.5 Å². The summed E-state index contributed by atoms with van der Waals surface area (Å²) < 4.78 is 10.5. The van der Waals surface area contributed by atoms with Crippen molar-refractivity contribution in [3.8, 4) is 11.5 Å². The zero-order valence-corrected chi connectivity index (χ0v) is 13.0. The number of methoxy groups -OCH3 is 2. The Morgan fingerprint density at radius 2 is 1.71 bits per heavy atom. The normalized spacial score (nSPS) is 10.3. The van der Waals surface area contributed by atoms with E-state index in [-0.39, 0.29) is 12.2 Å². The molecule has 0 radical (unpaired) electrons. The molecule has 110 valence electrons. The third-order valence-corrected chi connectivity index (χ3v) is 3.48. The lowest BCUT2D eigenvalue weighted by atomic mass is 10.00. The van der Waals surface area contributed by atoms with Crippen LogP contribution in [0.15, 0.2) is 36.4 Å². The Bertz CT molecular complexity index is 665. The molecule has 2 rings (SSSR count). The lowest BCUT2D eigenvalue weighted by Crippen LogP contribution is -2.07. The maximum absolute atomic E-state index is 12.5. The molecule has 0 saturated carbocycles. The van der Waals surface area contributed by atoms with Gasteiger partial charge in [-0.2, -0.15) is 0 Å². The summed E-state index contributed by atoms with van der Waals surface area (Å²) in [6, 6.07) is 10.8. The molecule has 0 aliphatic carbocycles. The zero-order chi connectivity index (χ0) is 15.4. The highest BCUT2D eigenvalue weighted by Gasteiger charge is 2.16. The van der Waals surface area contributed by atoms with Crippen LogP contribution in [0.25, 0.3) is 0 Å². The van der Waals surface area contributed by atoms with Crippen LogP contribution in [0.2, 0.25) is 5.02 Å². The van der Waals surface area contributed by atoms with Crippen molar-refractivity contribution in [2.75, 3.05) is 14.2 Å². The van der Waals surface area contributed by atoms with Crippen molar-refractivity contribution in [3.05, 3.63) is 58.1 Å². The maximum atomic E-state index is 12.5. The smallest absolute Gasteiger partial charge is 0.171 e. The van der Waals surface area contributed by atoms with Gasteiger partial charge in [0.05, 0.1) is 19.8 Å². The van der Waals surface area contributed by atoms with Crippen LogP contribution in [0.1, 0.15) is 21.5 Å². The van der Waals surface area contributed by atoms with Gasteiger partial charge < -0.3 is 9.47 Å². The van der Waals surface area contributed by atoms with E-state index in [1.165, 1.54) is 7.11 Å². The molecule has 0 aliphatic heterocycles. The lowest BCUT2D eigenvalue weighted by Gasteiger charge is -2.11. The predicted octanol–water partition coefficient (Wildman–Crippen LogP) is 4.09. The third-order valence-electron chi connectivity index (χ3n) is 3.25. The van der Waals surface area contributed by atoms with E-state index in [4.69, 9.17) is 21.1 Å². The Hall–Kier alpha value is -2.00. The molecule has 0 fully saturated rings. The van der Waals surface area contributed by atoms with Gasteiger partial charge in [0.1, 0.15) is 11.5 Å². The van der Waals surface area contributed by atoms with Gasteiger partial charge in [-0.1, -0.05) is 29.3 Å². The molecule has 0 bridgehead atoms. The predicted molar refractivity (Wildman–Crippen MR) is 83.8 cm³/mol. The summed E-state index contributed by atoms with van der Waals surface area (Å²) in [6.07, 6.45) is 0.238. The molecule has 0 amide bonds. The van der Waals surface area contributed by atoms with E-state index < -0.39 is 0 Å². The molecule has 0 heterocycles. The van der Waals surface area contributed by atoms with E-state index in [2.05, 4.69) is 0 Å². The molecular formula is C17H17ClO3. The Morgan fingerprint density at radius 1 is 1.05 bits per heavy atom. The molecule has 0 saturated heterocycles. The van der Waals surface area contributed by atoms with Gasteiger partial charge in [0.2, 0.25) is 0 Å². The SMILES string of the molecule is COc1ccc(C)cc1CC(=O)c1cc(Cl)ccc1OC. The van der Waals surface area contributed by atoms with Gasteiger partial charge in [-0.3, -0.25) is 4.79 Å². The number of carbonyl (C=O) groups is 1. The number of carbonyl (C=O) groups excluding carboxylic acids is 1. The van der Waals surface area contributed by atoms with Crippen molar-refractivity contribution in [1.82, 2.24) is 0 Å². The summed E-state index contributed by atoms with van der Waals surface area (Å²) in [7, 11) is 3.13. The summed E-state index contributed by atoms with van der Waals surface area (Å²) >= 11 is 5.97. The van der Waals surface area contributed by atoms with Gasteiger partial charge in [-0.05, 0) is 31.2 Å². The number of hydrogen-bond donors (Lipinski definition) is 0. The minimum Gasteiger partial charge on any atom is -0.496 e. The van der Waals surface area contributed by atoms with Crippen molar-refractivity contribution in [1.29, 1.82) is 0 Å². The van der Waals surface area contributed by atoms with Crippen LogP contribution < -0.4 is 9.47 Å². The molecule has 0 aromatic heterocycles. The second-order valence-corrected chi connectivity index (χ2v) is 5.20. The number of Topliss-reactive ketones (excluding diaryl/α,β-unsaturated/α-hetero) is 1. The van der Waals surface area contributed by atoms with Gasteiger partial charge in [-0.15, -0.1) is 0 Å². The zero-order valence-electron chi connectivity index (χ0n) is 12.3. The molecule has 0 atom stereocenters. The maximum Gasteiger partial charge on any atom is 0.171 e. The molecule has 0 spiro atoms. The van der Waals surface area contributed by atoms with Crippen molar-refractivity contribution < 1.29 is 14.3 Å². The number of halogens is 1. The average Bonchev–Trinajstić information content (AvgIpc) is 2.47. The monoisotopic (exact) mass is 304 g/mol. The minimum absolute atomic E-state index is 0.0572. The van der Waals surface area contributed by atoms with Gasteiger partial charge in [-0.25, -0.2) is 0 Å². The first-order valence-electron chi connectivity index (χ1n) is 6.55. The van der Waals surface area contributed by atoms with Crippen LogP contribution in [0, 0.1) is 6.92 Å². The molecule has 4 heteroatoms. The molecule has 2 aromatic rings. The van der Waals surface area contributed by atoms with Crippen molar-refractivity contribution in [2.24, 2.45) is 0 Å². The molecule has 2 aromatic carbocycles. The first-order valence-corrected chi connectivity index (χ1v) is 6.93. The highest BCUT2D eigenvalue weighted by molar-refractivity contribution is 6.31. The number of benzene rings is 2. The largest absolute Gasteiger partial charge is 0.496 e. The van der Waals surface area contributed by atoms with Gasteiger partial charge in [0.15, 0.2) is 5.78 Å². The number of ether oxygens (including phenoxy) is 2. The van der Waals surface area contributed by atoms with E-state index >= 15 is 0 Å². The molecule has 0 unspecified atom stereocenters. The van der Waals surface area contributed by atoms with E-state index in [1.54, 1.807) is 25.3 Å². The Labute approximate surface area is 129 Å². The number of rotatable bonds is 5. The highest BCUT2D eigenvalue weighted by atomic mass is 35.5. The van der Waals surface area contributed by atoms with E-state index in [1.807, 2.05) is 25.1 Å². The minimum atomic E-state index is -0.0572. The second kappa shape index (κ2) is 6.64. The van der Waals surface area contributed by atoms with E-state index in [0.29, 0.717) is 22.1 Å². The summed E-state index contributed by atoms with van der Waals surface area (Å²) in [5.41, 5.74) is 2.41. The first kappa shape index (κ1) is 15.4. The van der Waals surface area contributed by atoms with Gasteiger partial charge in [0.25, 0.3) is 0 Å². The number of ketones is 1. The van der Waals surface area contributed by atoms with Gasteiger partial charge >= 0.3 is 0 Å². The molecule has 21 heavy (non-hydrogen) atoms. The molecule has 0 N–H and O–H groups in total. The first-order chi connectivity index (χ1) is 10.0. The fourth-order valence-electron chi connectivity index (χ4n) is 2.21. The average molecular weight is 305 g/mol. The summed E-state index contributed by atoms with van der Waals surface area (Å²) in [6.45, 7) is 1.98. The Balaban J connectivity index is 2.34. The lowest BCUT2D eigenvalue weighted by molar-refractivity contribution is 0.0989. The van der Waals surface area contributed by atoms with Crippen LogP contribution in [0.3, 0.4) is 0 Å². The van der Waals surface area contributed by atoms with E-state index in [0.717, 1.165) is 11.1 Å². The quantitative estimate of drug-likeness (QED) is 0.780. The van der Waals surface area contributed by atoms with Crippen LogP contribution >= 0.6 is 11.6 Å². The third kappa shape index (κ3) is 3.56. The fraction of sp³-hybridized carbons (Fsp3) is 0.235.